The summed E-state index contributed by atoms with van der Waals surface area (Å²) in [5.41, 5.74) is 4.46. The lowest BCUT2D eigenvalue weighted by atomic mass is 9.95. The van der Waals surface area contributed by atoms with Crippen LogP contribution < -0.4 is 25.0 Å². The van der Waals surface area contributed by atoms with Gasteiger partial charge < -0.3 is 19.5 Å². The monoisotopic (exact) mass is 495 g/mol. The third kappa shape index (κ3) is 4.48. The Kier molecular flexibility index (Phi) is 7.07. The van der Waals surface area contributed by atoms with Crippen molar-refractivity contribution in [3.05, 3.63) is 63.1 Å². The van der Waals surface area contributed by atoms with Crippen LogP contribution in [0, 0.1) is 6.92 Å². The molecule has 0 aliphatic heterocycles. The van der Waals surface area contributed by atoms with E-state index >= 15 is 0 Å². The summed E-state index contributed by atoms with van der Waals surface area (Å²) in [4.78, 5) is 26.9. The highest BCUT2D eigenvalue weighted by Gasteiger charge is 2.30. The Balaban J connectivity index is 1.95. The Hall–Kier alpha value is -3.46. The van der Waals surface area contributed by atoms with Crippen LogP contribution in [0.2, 0.25) is 0 Å². The molecule has 1 amide bonds. The average Bonchev–Trinajstić information content (AvgIpc) is 3.01. The molecule has 0 spiro atoms. The highest BCUT2D eigenvalue weighted by molar-refractivity contribution is 7.98. The van der Waals surface area contributed by atoms with Crippen molar-refractivity contribution in [2.75, 3.05) is 27.6 Å². The third-order valence-corrected chi connectivity index (χ3v) is 7.04. The van der Waals surface area contributed by atoms with E-state index in [-0.39, 0.29) is 11.3 Å². The molecule has 4 rings (SSSR count). The number of benzene rings is 1. The maximum Gasteiger partial charge on any atom is 0.270 e. The van der Waals surface area contributed by atoms with Gasteiger partial charge in [-0.3, -0.25) is 14.3 Å². The highest BCUT2D eigenvalue weighted by atomic mass is 32.2. The molecule has 1 aromatic heterocycles. The minimum atomic E-state index is -0.406. The van der Waals surface area contributed by atoms with Gasteiger partial charge in [-0.2, -0.15) is 5.10 Å². The number of fused-ring (bicyclic) bond motifs is 3. The first-order valence-corrected chi connectivity index (χ1v) is 12.4. The number of thioether (sulfide) groups is 1. The van der Waals surface area contributed by atoms with E-state index in [9.17, 15) is 9.59 Å². The number of hydrogen-bond acceptors (Lipinski definition) is 7. The van der Waals surface area contributed by atoms with Crippen molar-refractivity contribution in [1.82, 2.24) is 15.1 Å². The fraction of sp³-hybridized carbons (Fsp3) is 0.346. The van der Waals surface area contributed by atoms with Crippen molar-refractivity contribution < 1.29 is 19.0 Å². The second kappa shape index (κ2) is 10.0. The van der Waals surface area contributed by atoms with Gasteiger partial charge in [0.25, 0.3) is 5.91 Å². The number of aryl methyl sites for hydroxylation is 3. The van der Waals surface area contributed by atoms with E-state index in [2.05, 4.69) is 10.4 Å². The second-order valence-corrected chi connectivity index (χ2v) is 9.17. The van der Waals surface area contributed by atoms with Crippen LogP contribution in [0.1, 0.15) is 39.8 Å². The zero-order valence-corrected chi connectivity index (χ0v) is 21.5. The molecule has 0 saturated heterocycles. The molecule has 1 atom stereocenters. The van der Waals surface area contributed by atoms with Crippen molar-refractivity contribution in [3.8, 4) is 28.4 Å². The van der Waals surface area contributed by atoms with Crippen LogP contribution in [0.25, 0.3) is 11.1 Å². The number of methoxy groups -OCH3 is 3. The molecule has 0 unspecified atom stereocenters. The van der Waals surface area contributed by atoms with E-state index in [4.69, 9.17) is 14.2 Å². The van der Waals surface area contributed by atoms with Crippen LogP contribution in [0.3, 0.4) is 0 Å². The van der Waals surface area contributed by atoms with Crippen LogP contribution in [0.4, 0.5) is 0 Å². The number of nitrogens with zero attached hydrogens (tertiary/aromatic N) is 2. The topological polar surface area (TPSA) is 91.7 Å². The molecular weight excluding hydrogens is 466 g/mol. The smallest absolute Gasteiger partial charge is 0.270 e. The zero-order chi connectivity index (χ0) is 25.3. The SMILES string of the molecule is COc1cc2c(c(OC)c1OC)-c1ccc(SC)c(=O)cc1[C@@H](NC(=O)c1cc(C)nn1C)CC2. The fourth-order valence-corrected chi connectivity index (χ4v) is 5.14. The molecule has 1 aliphatic rings. The maximum atomic E-state index is 13.2. The highest BCUT2D eigenvalue weighted by Crippen LogP contribution is 2.50. The predicted octanol–water partition coefficient (Wildman–Crippen LogP) is 3.92. The summed E-state index contributed by atoms with van der Waals surface area (Å²) < 4.78 is 18.6. The van der Waals surface area contributed by atoms with Crippen LogP contribution in [0.15, 0.2) is 40.0 Å². The second-order valence-electron chi connectivity index (χ2n) is 8.32. The zero-order valence-electron chi connectivity index (χ0n) is 20.7. The molecule has 1 aliphatic carbocycles. The first kappa shape index (κ1) is 24.7. The van der Waals surface area contributed by atoms with Crippen LogP contribution in [-0.2, 0) is 13.5 Å². The van der Waals surface area contributed by atoms with Gasteiger partial charge in [0.2, 0.25) is 5.75 Å². The molecule has 0 fully saturated rings. The number of ether oxygens (including phenoxy) is 3. The van der Waals surface area contributed by atoms with Gasteiger partial charge in [0.05, 0.1) is 38.0 Å². The molecule has 35 heavy (non-hydrogen) atoms. The largest absolute Gasteiger partial charge is 0.493 e. The number of hydrogen-bond donors (Lipinski definition) is 1. The minimum absolute atomic E-state index is 0.0997. The Morgan fingerprint density at radius 2 is 1.86 bits per heavy atom. The van der Waals surface area contributed by atoms with E-state index < -0.39 is 6.04 Å². The van der Waals surface area contributed by atoms with E-state index in [0.717, 1.165) is 27.9 Å². The summed E-state index contributed by atoms with van der Waals surface area (Å²) in [6.07, 6.45) is 3.08. The summed E-state index contributed by atoms with van der Waals surface area (Å²) in [6, 6.07) is 8.66. The quantitative estimate of drug-likeness (QED) is 0.518. The Morgan fingerprint density at radius 3 is 2.46 bits per heavy atom. The first-order chi connectivity index (χ1) is 16.8. The van der Waals surface area contributed by atoms with Crippen LogP contribution in [0.5, 0.6) is 17.2 Å². The number of nitrogens with one attached hydrogen (secondary N) is 1. The van der Waals surface area contributed by atoms with Gasteiger partial charge >= 0.3 is 0 Å². The van der Waals surface area contributed by atoms with Crippen molar-refractivity contribution in [1.29, 1.82) is 0 Å². The normalized spacial score (nSPS) is 14.4. The summed E-state index contributed by atoms with van der Waals surface area (Å²) in [5, 5.41) is 7.43. The molecular formula is C26H29N3O5S. The standard InChI is InChI=1S/C26H29N3O5S/c1-14-11-19(29(2)28-14)26(31)27-18-9-7-15-12-21(32-3)24(33-4)25(34-5)23(15)16-8-10-22(35-6)20(30)13-17(16)18/h8,10-13,18H,7,9H2,1-6H3,(H,27,31)/t18-/m0/s1. The molecule has 0 saturated carbocycles. The van der Waals surface area contributed by atoms with E-state index in [1.54, 1.807) is 45.2 Å². The molecule has 8 nitrogen and oxygen atoms in total. The van der Waals surface area contributed by atoms with Crippen molar-refractivity contribution in [2.45, 2.75) is 30.7 Å². The molecule has 184 valence electrons. The molecule has 2 aromatic carbocycles. The van der Waals surface area contributed by atoms with Gasteiger partial charge in [0.1, 0.15) is 5.69 Å². The van der Waals surface area contributed by atoms with E-state index in [1.807, 2.05) is 31.4 Å². The van der Waals surface area contributed by atoms with Crippen molar-refractivity contribution in [2.24, 2.45) is 7.05 Å². The van der Waals surface area contributed by atoms with E-state index in [1.165, 1.54) is 11.8 Å². The van der Waals surface area contributed by atoms with Crippen molar-refractivity contribution in [3.63, 3.8) is 0 Å². The summed E-state index contributed by atoms with van der Waals surface area (Å²) in [7, 11) is 6.47. The molecule has 9 heteroatoms. The number of aromatic nitrogens is 2. The number of rotatable bonds is 6. The minimum Gasteiger partial charge on any atom is -0.493 e. The van der Waals surface area contributed by atoms with Gasteiger partial charge in [-0.05, 0) is 67.0 Å². The van der Waals surface area contributed by atoms with Crippen molar-refractivity contribution >= 4 is 17.7 Å². The van der Waals surface area contributed by atoms with Crippen LogP contribution >= 0.6 is 11.8 Å². The number of carbonyl (C=O) groups is 1. The van der Waals surface area contributed by atoms with Crippen LogP contribution in [-0.4, -0.2) is 43.3 Å². The molecule has 1 heterocycles. The molecule has 0 radical (unpaired) electrons. The summed E-state index contributed by atoms with van der Waals surface area (Å²) in [5.74, 6) is 1.32. The molecule has 3 aromatic rings. The van der Waals surface area contributed by atoms with Gasteiger partial charge in [-0.15, -0.1) is 11.8 Å². The van der Waals surface area contributed by atoms with Gasteiger partial charge in [0.15, 0.2) is 16.9 Å². The molecule has 0 bridgehead atoms. The maximum absolute atomic E-state index is 13.2. The van der Waals surface area contributed by atoms with Gasteiger partial charge in [-0.25, -0.2) is 0 Å². The lowest BCUT2D eigenvalue weighted by molar-refractivity contribution is 0.0925. The summed E-state index contributed by atoms with van der Waals surface area (Å²) in [6.45, 7) is 1.84. The van der Waals surface area contributed by atoms with Gasteiger partial charge in [-0.1, -0.05) is 6.07 Å². The van der Waals surface area contributed by atoms with Gasteiger partial charge in [0, 0.05) is 12.6 Å². The number of amides is 1. The fourth-order valence-electron chi connectivity index (χ4n) is 4.67. The molecule has 1 N–H and O–H groups in total. The Morgan fingerprint density at radius 1 is 1.11 bits per heavy atom. The third-order valence-electron chi connectivity index (χ3n) is 6.26. The Labute approximate surface area is 208 Å². The summed E-state index contributed by atoms with van der Waals surface area (Å²) >= 11 is 1.39. The average molecular weight is 496 g/mol. The lowest BCUT2D eigenvalue weighted by Gasteiger charge is -2.20. The number of carbonyl (C=O) groups excluding carboxylic acids is 1. The lowest BCUT2D eigenvalue weighted by Crippen LogP contribution is -2.30. The van der Waals surface area contributed by atoms with E-state index in [0.29, 0.717) is 40.7 Å². The predicted molar refractivity (Wildman–Crippen MR) is 136 cm³/mol. The first-order valence-electron chi connectivity index (χ1n) is 11.2. The Bertz CT molecular complexity index is 1350.